The van der Waals surface area contributed by atoms with Gasteiger partial charge in [0.1, 0.15) is 12.4 Å². The third-order valence-corrected chi connectivity index (χ3v) is 9.09. The molecule has 0 saturated heterocycles. The van der Waals surface area contributed by atoms with Gasteiger partial charge in [0.2, 0.25) is 0 Å². The zero-order valence-corrected chi connectivity index (χ0v) is 25.8. The summed E-state index contributed by atoms with van der Waals surface area (Å²) >= 11 is 0. The molecule has 6 rings (SSSR count). The lowest BCUT2D eigenvalue weighted by Gasteiger charge is -2.27. The lowest BCUT2D eigenvalue weighted by molar-refractivity contribution is 0.0600. The SMILES string of the molecule is COC(=O)c1ccc2c(C3CCCCC3)c3n(c2c1)CCN(CCN(C)C)c1cc(OCc2cccc(C(=O)O)c2)ccc1-3. The van der Waals surface area contributed by atoms with Crippen molar-refractivity contribution >= 4 is 28.5 Å². The average molecular weight is 596 g/mol. The van der Waals surface area contributed by atoms with Crippen LogP contribution in [0.15, 0.2) is 60.7 Å². The van der Waals surface area contributed by atoms with Crippen LogP contribution in [-0.2, 0) is 17.9 Å². The number of anilines is 1. The number of hydrogen-bond acceptors (Lipinski definition) is 6. The molecule has 0 atom stereocenters. The molecule has 1 aliphatic carbocycles. The van der Waals surface area contributed by atoms with E-state index in [1.807, 2.05) is 24.3 Å². The number of carboxylic acids is 1. The number of carboxylic acid groups (broad SMARTS) is 1. The summed E-state index contributed by atoms with van der Waals surface area (Å²) in [5.74, 6) is -0.0589. The predicted octanol–water partition coefficient (Wildman–Crippen LogP) is 6.80. The molecule has 0 radical (unpaired) electrons. The van der Waals surface area contributed by atoms with E-state index in [1.165, 1.54) is 61.4 Å². The zero-order chi connectivity index (χ0) is 30.8. The molecule has 8 heteroatoms. The highest BCUT2D eigenvalue weighted by Crippen LogP contribution is 2.48. The highest BCUT2D eigenvalue weighted by Gasteiger charge is 2.31. The third-order valence-electron chi connectivity index (χ3n) is 9.09. The smallest absolute Gasteiger partial charge is 0.337 e. The number of ether oxygens (including phenoxy) is 2. The van der Waals surface area contributed by atoms with E-state index in [-0.39, 0.29) is 18.1 Å². The van der Waals surface area contributed by atoms with Gasteiger partial charge in [-0.05, 0) is 80.4 Å². The Kier molecular flexibility index (Phi) is 8.62. The Morgan fingerprint density at radius 2 is 1.77 bits per heavy atom. The quantitative estimate of drug-likeness (QED) is 0.213. The summed E-state index contributed by atoms with van der Waals surface area (Å²) in [6.07, 6.45) is 6.08. The maximum Gasteiger partial charge on any atom is 0.337 e. The first-order valence-corrected chi connectivity index (χ1v) is 15.6. The highest BCUT2D eigenvalue weighted by molar-refractivity contribution is 6.00. The van der Waals surface area contributed by atoms with Crippen molar-refractivity contribution in [3.05, 3.63) is 82.9 Å². The number of esters is 1. The fourth-order valence-corrected chi connectivity index (χ4v) is 6.87. The molecular formula is C36H41N3O5. The van der Waals surface area contributed by atoms with Gasteiger partial charge in [0.15, 0.2) is 0 Å². The Hall–Kier alpha value is -4.30. The lowest BCUT2D eigenvalue weighted by Crippen LogP contribution is -2.33. The molecule has 1 aliphatic heterocycles. The highest BCUT2D eigenvalue weighted by atomic mass is 16.5. The van der Waals surface area contributed by atoms with Crippen molar-refractivity contribution in [1.82, 2.24) is 9.47 Å². The predicted molar refractivity (Wildman–Crippen MR) is 173 cm³/mol. The van der Waals surface area contributed by atoms with E-state index >= 15 is 0 Å². The summed E-state index contributed by atoms with van der Waals surface area (Å²) in [5, 5.41) is 10.6. The average Bonchev–Trinajstić information content (AvgIpc) is 3.27. The van der Waals surface area contributed by atoms with E-state index in [9.17, 15) is 14.7 Å². The Bertz CT molecular complexity index is 1680. The largest absolute Gasteiger partial charge is 0.489 e. The minimum absolute atomic E-state index is 0.251. The number of hydrogen-bond donors (Lipinski definition) is 1. The molecule has 0 bridgehead atoms. The Labute approximate surface area is 258 Å². The van der Waals surface area contributed by atoms with Crippen LogP contribution < -0.4 is 9.64 Å². The van der Waals surface area contributed by atoms with Crippen molar-refractivity contribution in [1.29, 1.82) is 0 Å². The molecule has 0 amide bonds. The number of benzene rings is 3. The van der Waals surface area contributed by atoms with Crippen LogP contribution in [0.25, 0.3) is 22.2 Å². The number of fused-ring (bicyclic) bond motifs is 5. The maximum absolute atomic E-state index is 12.6. The van der Waals surface area contributed by atoms with Gasteiger partial charge in [-0.25, -0.2) is 9.59 Å². The third kappa shape index (κ3) is 5.91. The van der Waals surface area contributed by atoms with Crippen LogP contribution in [0.2, 0.25) is 0 Å². The second-order valence-corrected chi connectivity index (χ2v) is 12.2. The molecule has 2 aliphatic rings. The summed E-state index contributed by atoms with van der Waals surface area (Å²) < 4.78 is 13.8. The number of carbonyl (C=O) groups excluding carboxylic acids is 1. The van der Waals surface area contributed by atoms with Crippen molar-refractivity contribution in [2.75, 3.05) is 45.7 Å². The van der Waals surface area contributed by atoms with Crippen LogP contribution in [0.5, 0.6) is 5.75 Å². The topological polar surface area (TPSA) is 84.2 Å². The Morgan fingerprint density at radius 3 is 2.52 bits per heavy atom. The number of methoxy groups -OCH3 is 1. The molecule has 2 heterocycles. The van der Waals surface area contributed by atoms with Crippen LogP contribution in [0, 0.1) is 0 Å². The van der Waals surface area contributed by atoms with Crippen LogP contribution in [-0.4, -0.2) is 67.4 Å². The van der Waals surface area contributed by atoms with Gasteiger partial charge in [-0.15, -0.1) is 0 Å². The van der Waals surface area contributed by atoms with Gasteiger partial charge >= 0.3 is 11.9 Å². The molecule has 0 unspecified atom stereocenters. The summed E-state index contributed by atoms with van der Waals surface area (Å²) in [6, 6.07) is 19.3. The zero-order valence-electron chi connectivity index (χ0n) is 25.8. The molecular weight excluding hydrogens is 554 g/mol. The van der Waals surface area contributed by atoms with Crippen molar-refractivity contribution < 1.29 is 24.2 Å². The van der Waals surface area contributed by atoms with E-state index in [0.29, 0.717) is 11.5 Å². The first-order valence-electron chi connectivity index (χ1n) is 15.6. The van der Waals surface area contributed by atoms with Crippen LogP contribution in [0.4, 0.5) is 5.69 Å². The minimum atomic E-state index is -0.948. The van der Waals surface area contributed by atoms with E-state index in [0.717, 1.165) is 48.7 Å². The van der Waals surface area contributed by atoms with Crippen LogP contribution in [0.3, 0.4) is 0 Å². The van der Waals surface area contributed by atoms with Gasteiger partial charge in [0, 0.05) is 54.4 Å². The van der Waals surface area contributed by atoms with E-state index in [2.05, 4.69) is 46.7 Å². The van der Waals surface area contributed by atoms with Crippen molar-refractivity contribution in [3.8, 4) is 17.0 Å². The van der Waals surface area contributed by atoms with E-state index in [1.54, 1.807) is 18.2 Å². The van der Waals surface area contributed by atoms with Gasteiger partial charge in [0.05, 0.1) is 23.9 Å². The summed E-state index contributed by atoms with van der Waals surface area (Å²) in [5.41, 5.74) is 7.67. The number of carbonyl (C=O) groups is 2. The number of rotatable bonds is 9. The fraction of sp³-hybridized carbons (Fsp3) is 0.389. The molecule has 44 heavy (non-hydrogen) atoms. The number of aromatic nitrogens is 1. The molecule has 1 N–H and O–H groups in total. The lowest BCUT2D eigenvalue weighted by atomic mass is 9.81. The molecule has 4 aromatic rings. The first kappa shape index (κ1) is 29.8. The molecule has 8 nitrogen and oxygen atoms in total. The van der Waals surface area contributed by atoms with Crippen molar-refractivity contribution in [3.63, 3.8) is 0 Å². The molecule has 0 spiro atoms. The minimum Gasteiger partial charge on any atom is -0.489 e. The number of nitrogens with zero attached hydrogens (tertiary/aromatic N) is 3. The van der Waals surface area contributed by atoms with Gasteiger partial charge in [-0.3, -0.25) is 0 Å². The fourth-order valence-electron chi connectivity index (χ4n) is 6.87. The molecule has 230 valence electrons. The second kappa shape index (κ2) is 12.7. The normalized spacial score (nSPS) is 15.1. The van der Waals surface area contributed by atoms with Crippen molar-refractivity contribution in [2.24, 2.45) is 0 Å². The molecule has 1 fully saturated rings. The van der Waals surface area contributed by atoms with Gasteiger partial charge in [0.25, 0.3) is 0 Å². The number of aromatic carboxylic acids is 1. The summed E-state index contributed by atoms with van der Waals surface area (Å²) in [6.45, 7) is 3.66. The monoisotopic (exact) mass is 595 g/mol. The number of likely N-dealkylation sites (N-methyl/N-ethyl adjacent to an activating group) is 1. The van der Waals surface area contributed by atoms with Crippen LogP contribution >= 0.6 is 0 Å². The maximum atomic E-state index is 12.6. The van der Waals surface area contributed by atoms with Crippen LogP contribution in [0.1, 0.15) is 69.9 Å². The van der Waals surface area contributed by atoms with Gasteiger partial charge in [-0.1, -0.05) is 37.5 Å². The van der Waals surface area contributed by atoms with E-state index in [4.69, 9.17) is 9.47 Å². The van der Waals surface area contributed by atoms with Gasteiger partial charge < -0.3 is 28.9 Å². The first-order chi connectivity index (χ1) is 21.3. The second-order valence-electron chi connectivity index (χ2n) is 12.2. The van der Waals surface area contributed by atoms with Gasteiger partial charge in [-0.2, -0.15) is 0 Å². The van der Waals surface area contributed by atoms with Crippen molar-refractivity contribution in [2.45, 2.75) is 51.2 Å². The van der Waals surface area contributed by atoms with E-state index < -0.39 is 5.97 Å². The summed E-state index contributed by atoms with van der Waals surface area (Å²) in [4.78, 5) is 28.7. The molecule has 1 saturated carbocycles. The Balaban J connectivity index is 1.46. The Morgan fingerprint density at radius 1 is 0.955 bits per heavy atom. The molecule has 1 aromatic heterocycles. The standard InChI is InChI=1S/C36H41N3O5/c1-37(2)16-17-38-18-19-39-32-21-27(36(42)43-3)12-14-29(32)33(25-9-5-4-6-10-25)34(39)30-15-13-28(22-31(30)38)44-23-24-8-7-11-26(20-24)35(40)41/h7-8,11-15,20-22,25H,4-6,9-10,16-19,23H2,1-3H3,(H,40,41). The molecule has 3 aromatic carbocycles. The summed E-state index contributed by atoms with van der Waals surface area (Å²) in [7, 11) is 5.62.